The first-order chi connectivity index (χ1) is 9.50. The van der Waals surface area contributed by atoms with E-state index in [0.29, 0.717) is 6.07 Å². The van der Waals surface area contributed by atoms with Gasteiger partial charge in [0.05, 0.1) is 5.56 Å². The number of anilines is 1. The highest BCUT2D eigenvalue weighted by atomic mass is 79.9. The van der Waals surface area contributed by atoms with Gasteiger partial charge in [-0.1, -0.05) is 0 Å². The summed E-state index contributed by atoms with van der Waals surface area (Å²) in [6, 6.07) is 0.686. The topological polar surface area (TPSA) is 67.3 Å². The number of hydrogen-bond acceptors (Lipinski definition) is 4. The number of pyridine rings is 1. The Bertz CT molecular complexity index is 695. The van der Waals surface area contributed by atoms with Crippen LogP contribution in [0.2, 0.25) is 0 Å². The summed E-state index contributed by atoms with van der Waals surface area (Å²) in [4.78, 5) is 16.4. The third-order valence-corrected chi connectivity index (χ3v) is 5.41. The SMILES string of the molecule is O=C1CC(S(=O)(=O)Cl)CN1c1cc(C(F)(F)F)c(Br)cn1. The summed E-state index contributed by atoms with van der Waals surface area (Å²) >= 11 is 2.73. The van der Waals surface area contributed by atoms with Gasteiger partial charge in [-0.05, 0) is 22.0 Å². The molecule has 1 unspecified atom stereocenters. The van der Waals surface area contributed by atoms with Crippen molar-refractivity contribution < 1.29 is 26.4 Å². The Hall–Kier alpha value is -0.870. The summed E-state index contributed by atoms with van der Waals surface area (Å²) < 4.78 is 60.6. The molecule has 1 fully saturated rings. The molecule has 1 atom stereocenters. The monoisotopic (exact) mass is 406 g/mol. The zero-order valence-corrected chi connectivity index (χ0v) is 13.2. The number of carbonyl (C=O) groups excluding carboxylic acids is 1. The van der Waals surface area contributed by atoms with Crippen LogP contribution < -0.4 is 4.90 Å². The zero-order chi connectivity index (χ0) is 16.0. The lowest BCUT2D eigenvalue weighted by Gasteiger charge is -2.17. The Morgan fingerprint density at radius 2 is 2.05 bits per heavy atom. The number of nitrogens with zero attached hydrogens (tertiary/aromatic N) is 2. The highest BCUT2D eigenvalue weighted by molar-refractivity contribution is 9.10. The fourth-order valence-corrected chi connectivity index (χ4v) is 3.35. The van der Waals surface area contributed by atoms with E-state index in [1.165, 1.54) is 0 Å². The predicted molar refractivity (Wildman–Crippen MR) is 72.5 cm³/mol. The smallest absolute Gasteiger partial charge is 0.295 e. The summed E-state index contributed by atoms with van der Waals surface area (Å²) in [5.74, 6) is -0.912. The predicted octanol–water partition coefficient (Wildman–Crippen LogP) is 2.54. The van der Waals surface area contributed by atoms with Crippen molar-refractivity contribution in [3.63, 3.8) is 0 Å². The molecular weight excluding hydrogens is 401 g/mol. The average molecular weight is 408 g/mol. The Morgan fingerprint density at radius 3 is 2.52 bits per heavy atom. The molecule has 0 aliphatic carbocycles. The number of alkyl halides is 3. The van der Waals surface area contributed by atoms with Crippen molar-refractivity contribution in [2.45, 2.75) is 17.8 Å². The van der Waals surface area contributed by atoms with Crippen molar-refractivity contribution in [1.29, 1.82) is 0 Å². The van der Waals surface area contributed by atoms with Crippen molar-refractivity contribution in [2.24, 2.45) is 0 Å². The second kappa shape index (κ2) is 5.40. The van der Waals surface area contributed by atoms with Gasteiger partial charge >= 0.3 is 6.18 Å². The second-order valence-corrected chi connectivity index (χ2v) is 8.09. The first-order valence-electron chi connectivity index (χ1n) is 5.46. The van der Waals surface area contributed by atoms with Crippen LogP contribution in [0.1, 0.15) is 12.0 Å². The van der Waals surface area contributed by atoms with Crippen LogP contribution in [-0.2, 0) is 20.0 Å². The zero-order valence-electron chi connectivity index (χ0n) is 10.1. The summed E-state index contributed by atoms with van der Waals surface area (Å²) in [7, 11) is 1.20. The van der Waals surface area contributed by atoms with Gasteiger partial charge < -0.3 is 0 Å². The standard InChI is InChI=1S/C10H7BrClF3N2O3S/c11-7-3-16-8(2-6(7)10(13,14)15)17-4-5(1-9(17)18)21(12,19)20/h2-3,5H,1,4H2. The summed E-state index contributed by atoms with van der Waals surface area (Å²) in [6.45, 7) is -0.323. The van der Waals surface area contributed by atoms with Crippen molar-refractivity contribution in [3.8, 4) is 0 Å². The van der Waals surface area contributed by atoms with E-state index in [4.69, 9.17) is 10.7 Å². The third kappa shape index (κ3) is 3.49. The minimum Gasteiger partial charge on any atom is -0.295 e. The highest BCUT2D eigenvalue weighted by Gasteiger charge is 2.40. The van der Waals surface area contributed by atoms with E-state index in [9.17, 15) is 26.4 Å². The Kier molecular flexibility index (Phi) is 4.24. The number of rotatable bonds is 2. The van der Waals surface area contributed by atoms with Gasteiger partial charge in [-0.15, -0.1) is 0 Å². The van der Waals surface area contributed by atoms with Crippen LogP contribution in [0.5, 0.6) is 0 Å². The van der Waals surface area contributed by atoms with E-state index in [-0.39, 0.29) is 23.3 Å². The summed E-state index contributed by atoms with van der Waals surface area (Å²) in [5.41, 5.74) is -1.00. The Labute approximate surface area is 130 Å². The maximum atomic E-state index is 12.8. The van der Waals surface area contributed by atoms with Crippen molar-refractivity contribution in [2.75, 3.05) is 11.4 Å². The van der Waals surface area contributed by atoms with E-state index in [1.54, 1.807) is 0 Å². The molecule has 0 saturated carbocycles. The largest absolute Gasteiger partial charge is 0.417 e. The molecule has 1 amide bonds. The van der Waals surface area contributed by atoms with Crippen LogP contribution in [0.25, 0.3) is 0 Å². The Morgan fingerprint density at radius 1 is 1.43 bits per heavy atom. The molecule has 0 bridgehead atoms. The second-order valence-electron chi connectivity index (χ2n) is 4.33. The van der Waals surface area contributed by atoms with Gasteiger partial charge in [0.2, 0.25) is 15.0 Å². The maximum absolute atomic E-state index is 12.8. The molecule has 11 heteroatoms. The molecule has 1 aromatic heterocycles. The van der Waals surface area contributed by atoms with Gasteiger partial charge in [0.1, 0.15) is 11.1 Å². The number of hydrogen-bond donors (Lipinski definition) is 0. The molecule has 1 aliphatic heterocycles. The minimum atomic E-state index is -4.63. The van der Waals surface area contributed by atoms with Gasteiger partial charge in [0, 0.05) is 34.3 Å². The van der Waals surface area contributed by atoms with Crippen LogP contribution >= 0.6 is 26.6 Å². The number of carbonyl (C=O) groups is 1. The van der Waals surface area contributed by atoms with Crippen molar-refractivity contribution in [1.82, 2.24) is 4.98 Å². The van der Waals surface area contributed by atoms with E-state index in [0.717, 1.165) is 11.1 Å². The molecule has 1 aliphatic rings. The number of amides is 1. The van der Waals surface area contributed by atoms with Crippen LogP contribution in [0, 0.1) is 0 Å². The van der Waals surface area contributed by atoms with E-state index in [2.05, 4.69) is 20.9 Å². The van der Waals surface area contributed by atoms with Gasteiger partial charge in [-0.25, -0.2) is 13.4 Å². The fourth-order valence-electron chi connectivity index (χ4n) is 1.88. The first kappa shape index (κ1) is 16.5. The molecule has 21 heavy (non-hydrogen) atoms. The molecular formula is C10H7BrClF3N2O3S. The minimum absolute atomic E-state index is 0.265. The fraction of sp³-hybridized carbons (Fsp3) is 0.400. The summed E-state index contributed by atoms with van der Waals surface area (Å²) in [5, 5.41) is -1.16. The molecule has 0 aromatic carbocycles. The molecule has 116 valence electrons. The lowest BCUT2D eigenvalue weighted by atomic mass is 10.2. The van der Waals surface area contributed by atoms with Crippen LogP contribution in [-0.4, -0.2) is 31.1 Å². The van der Waals surface area contributed by atoms with Crippen LogP contribution in [0.3, 0.4) is 0 Å². The molecule has 0 spiro atoms. The number of halogens is 5. The van der Waals surface area contributed by atoms with Gasteiger partial charge in [0.15, 0.2) is 0 Å². The molecule has 0 radical (unpaired) electrons. The van der Waals surface area contributed by atoms with Gasteiger partial charge in [-0.2, -0.15) is 13.2 Å². The normalized spacial score (nSPS) is 20.1. The van der Waals surface area contributed by atoms with Gasteiger partial charge in [0.25, 0.3) is 0 Å². The maximum Gasteiger partial charge on any atom is 0.417 e. The highest BCUT2D eigenvalue weighted by Crippen LogP contribution is 2.37. The number of aromatic nitrogens is 1. The van der Waals surface area contributed by atoms with Crippen molar-refractivity contribution in [3.05, 3.63) is 22.3 Å². The first-order valence-corrected chi connectivity index (χ1v) is 8.63. The molecule has 2 heterocycles. The molecule has 1 saturated heterocycles. The average Bonchev–Trinajstić information content (AvgIpc) is 2.70. The van der Waals surface area contributed by atoms with Crippen LogP contribution in [0.4, 0.5) is 19.0 Å². The van der Waals surface area contributed by atoms with Gasteiger partial charge in [-0.3, -0.25) is 9.69 Å². The Balaban J connectivity index is 2.38. The molecule has 0 N–H and O–H groups in total. The molecule has 1 aromatic rings. The van der Waals surface area contributed by atoms with Crippen molar-refractivity contribution >= 4 is 47.4 Å². The van der Waals surface area contributed by atoms with E-state index >= 15 is 0 Å². The van der Waals surface area contributed by atoms with E-state index in [1.807, 2.05) is 0 Å². The quantitative estimate of drug-likeness (QED) is 0.707. The lowest BCUT2D eigenvalue weighted by Crippen LogP contribution is -2.28. The molecule has 5 nitrogen and oxygen atoms in total. The summed E-state index contributed by atoms with van der Waals surface area (Å²) in [6.07, 6.45) is -4.10. The third-order valence-electron chi connectivity index (χ3n) is 2.91. The van der Waals surface area contributed by atoms with Crippen LogP contribution in [0.15, 0.2) is 16.7 Å². The lowest BCUT2D eigenvalue weighted by molar-refractivity contribution is -0.138. The van der Waals surface area contributed by atoms with E-state index < -0.39 is 31.9 Å². The molecule has 2 rings (SSSR count).